The minimum Gasteiger partial charge on any atom is -0.478 e. The molecular weight excluding hydrogens is 233 g/mol. The van der Waals surface area contributed by atoms with Crippen LogP contribution in [0, 0.1) is 11.7 Å². The second-order valence-corrected chi connectivity index (χ2v) is 4.86. The van der Waals surface area contributed by atoms with Crippen LogP contribution in [0.5, 0.6) is 0 Å². The maximum absolute atomic E-state index is 13.9. The van der Waals surface area contributed by atoms with E-state index >= 15 is 0 Å². The molecule has 1 fully saturated rings. The van der Waals surface area contributed by atoms with E-state index in [1.54, 1.807) is 6.07 Å². The number of aromatic carboxylic acids is 1. The number of carboxylic acid groups (broad SMARTS) is 1. The first-order valence-corrected chi connectivity index (χ1v) is 6.39. The lowest BCUT2D eigenvalue weighted by Crippen LogP contribution is -2.27. The van der Waals surface area contributed by atoms with Gasteiger partial charge in [-0.1, -0.05) is 6.92 Å². The van der Waals surface area contributed by atoms with E-state index < -0.39 is 11.8 Å². The lowest BCUT2D eigenvalue weighted by atomic mass is 10.1. The third-order valence-corrected chi connectivity index (χ3v) is 3.20. The molecule has 98 valence electrons. The number of benzene rings is 1. The summed E-state index contributed by atoms with van der Waals surface area (Å²) in [5, 5.41) is 8.82. The number of hydrogen-bond donors (Lipinski definition) is 1. The average molecular weight is 251 g/mol. The van der Waals surface area contributed by atoms with Crippen LogP contribution in [-0.4, -0.2) is 24.2 Å². The largest absolute Gasteiger partial charge is 0.478 e. The highest BCUT2D eigenvalue weighted by molar-refractivity contribution is 5.88. The lowest BCUT2D eigenvalue weighted by molar-refractivity contribution is 0.0696. The van der Waals surface area contributed by atoms with Gasteiger partial charge in [-0.25, -0.2) is 9.18 Å². The van der Waals surface area contributed by atoms with E-state index in [1.165, 1.54) is 18.9 Å². The fourth-order valence-electron chi connectivity index (χ4n) is 2.09. The Morgan fingerprint density at radius 3 is 2.72 bits per heavy atom. The second-order valence-electron chi connectivity index (χ2n) is 4.86. The first kappa shape index (κ1) is 12.9. The molecule has 0 atom stereocenters. The van der Waals surface area contributed by atoms with Crippen molar-refractivity contribution in [2.45, 2.75) is 26.2 Å². The molecular formula is C14H18FNO2. The molecule has 0 radical (unpaired) electrons. The molecule has 0 spiro atoms. The lowest BCUT2D eigenvalue weighted by Gasteiger charge is -2.24. The zero-order chi connectivity index (χ0) is 13.1. The van der Waals surface area contributed by atoms with Gasteiger partial charge in [-0.15, -0.1) is 0 Å². The summed E-state index contributed by atoms with van der Waals surface area (Å²) in [6.45, 7) is 3.74. The third kappa shape index (κ3) is 3.00. The molecule has 0 aliphatic heterocycles. The van der Waals surface area contributed by atoms with Crippen molar-refractivity contribution in [3.8, 4) is 0 Å². The van der Waals surface area contributed by atoms with Crippen molar-refractivity contribution in [1.82, 2.24) is 0 Å². The zero-order valence-electron chi connectivity index (χ0n) is 10.5. The number of hydrogen-bond acceptors (Lipinski definition) is 2. The van der Waals surface area contributed by atoms with E-state index in [0.29, 0.717) is 11.6 Å². The van der Waals surface area contributed by atoms with E-state index in [9.17, 15) is 9.18 Å². The van der Waals surface area contributed by atoms with Gasteiger partial charge in [0.25, 0.3) is 0 Å². The highest BCUT2D eigenvalue weighted by atomic mass is 19.1. The zero-order valence-corrected chi connectivity index (χ0v) is 10.5. The van der Waals surface area contributed by atoms with E-state index in [1.807, 2.05) is 4.90 Å². The minimum absolute atomic E-state index is 0.000814. The molecule has 0 bridgehead atoms. The van der Waals surface area contributed by atoms with Gasteiger partial charge in [0, 0.05) is 13.1 Å². The molecule has 1 aliphatic rings. The Morgan fingerprint density at radius 1 is 1.50 bits per heavy atom. The fraction of sp³-hybridized carbons (Fsp3) is 0.500. The predicted octanol–water partition coefficient (Wildman–Crippen LogP) is 3.15. The Labute approximate surface area is 106 Å². The van der Waals surface area contributed by atoms with Crippen molar-refractivity contribution in [1.29, 1.82) is 0 Å². The van der Waals surface area contributed by atoms with Crippen LogP contribution in [0.1, 0.15) is 36.5 Å². The summed E-state index contributed by atoms with van der Waals surface area (Å²) in [7, 11) is 0. The van der Waals surface area contributed by atoms with Crippen LogP contribution in [0.2, 0.25) is 0 Å². The van der Waals surface area contributed by atoms with Crippen molar-refractivity contribution in [3.05, 3.63) is 29.6 Å². The van der Waals surface area contributed by atoms with Gasteiger partial charge >= 0.3 is 5.97 Å². The summed E-state index contributed by atoms with van der Waals surface area (Å²) in [5.41, 5.74) is 0.521. The van der Waals surface area contributed by atoms with Gasteiger partial charge in [-0.2, -0.15) is 0 Å². The van der Waals surface area contributed by atoms with Crippen LogP contribution in [0.4, 0.5) is 10.1 Å². The quantitative estimate of drug-likeness (QED) is 0.844. The van der Waals surface area contributed by atoms with Crippen molar-refractivity contribution in [2.24, 2.45) is 5.92 Å². The maximum Gasteiger partial charge on any atom is 0.335 e. The number of carboxylic acids is 1. The Bertz CT molecular complexity index is 443. The monoisotopic (exact) mass is 251 g/mol. The highest BCUT2D eigenvalue weighted by Gasteiger charge is 2.25. The van der Waals surface area contributed by atoms with Gasteiger partial charge < -0.3 is 10.0 Å². The van der Waals surface area contributed by atoms with Gasteiger partial charge in [0.2, 0.25) is 0 Å². The number of rotatable bonds is 6. The molecule has 18 heavy (non-hydrogen) atoms. The van der Waals surface area contributed by atoms with Gasteiger partial charge in [-0.05, 0) is 43.4 Å². The Hall–Kier alpha value is -1.58. The summed E-state index contributed by atoms with van der Waals surface area (Å²) in [6.07, 6.45) is 3.39. The molecule has 1 N–H and O–H groups in total. The van der Waals surface area contributed by atoms with Crippen LogP contribution >= 0.6 is 0 Å². The molecule has 0 unspecified atom stereocenters. The molecule has 1 aromatic carbocycles. The van der Waals surface area contributed by atoms with Gasteiger partial charge in [0.1, 0.15) is 5.82 Å². The highest BCUT2D eigenvalue weighted by Crippen LogP contribution is 2.32. The third-order valence-electron chi connectivity index (χ3n) is 3.20. The molecule has 2 rings (SSSR count). The first-order valence-electron chi connectivity index (χ1n) is 6.39. The van der Waals surface area contributed by atoms with Crippen LogP contribution in [-0.2, 0) is 0 Å². The number of carbonyl (C=O) groups is 1. The summed E-state index contributed by atoms with van der Waals surface area (Å²) < 4.78 is 13.9. The van der Waals surface area contributed by atoms with Crippen molar-refractivity contribution >= 4 is 11.7 Å². The average Bonchev–Trinajstić information content (AvgIpc) is 3.12. The Kier molecular flexibility index (Phi) is 3.84. The molecule has 1 aromatic rings. The van der Waals surface area contributed by atoms with E-state index in [-0.39, 0.29) is 5.56 Å². The smallest absolute Gasteiger partial charge is 0.335 e. The molecule has 3 nitrogen and oxygen atoms in total. The van der Waals surface area contributed by atoms with Crippen LogP contribution in [0.25, 0.3) is 0 Å². The first-order chi connectivity index (χ1) is 8.61. The van der Waals surface area contributed by atoms with E-state index in [4.69, 9.17) is 5.11 Å². The Morgan fingerprint density at radius 2 is 2.22 bits per heavy atom. The van der Waals surface area contributed by atoms with Crippen LogP contribution in [0.15, 0.2) is 18.2 Å². The van der Waals surface area contributed by atoms with Crippen molar-refractivity contribution in [3.63, 3.8) is 0 Å². The summed E-state index contributed by atoms with van der Waals surface area (Å²) >= 11 is 0. The summed E-state index contributed by atoms with van der Waals surface area (Å²) in [4.78, 5) is 12.8. The Balaban J connectivity index is 2.20. The molecule has 4 heteroatoms. The van der Waals surface area contributed by atoms with Crippen LogP contribution < -0.4 is 4.90 Å². The van der Waals surface area contributed by atoms with Crippen molar-refractivity contribution in [2.75, 3.05) is 18.0 Å². The molecule has 0 saturated heterocycles. The number of nitrogens with zero attached hydrogens (tertiary/aromatic N) is 1. The summed E-state index contributed by atoms with van der Waals surface area (Å²) in [6, 6.07) is 4.15. The van der Waals surface area contributed by atoms with E-state index in [0.717, 1.165) is 25.6 Å². The standard InChI is InChI=1S/C14H18FNO2/c1-2-7-16(9-10-3-4-10)13-6-5-11(14(17)18)8-12(13)15/h5-6,8,10H,2-4,7,9H2,1H3,(H,17,18). The molecule has 0 amide bonds. The molecule has 0 aromatic heterocycles. The fourth-order valence-corrected chi connectivity index (χ4v) is 2.09. The number of anilines is 1. The molecule has 1 saturated carbocycles. The normalized spacial score (nSPS) is 14.6. The topological polar surface area (TPSA) is 40.5 Å². The van der Waals surface area contributed by atoms with Gasteiger partial charge in [-0.3, -0.25) is 0 Å². The van der Waals surface area contributed by atoms with Crippen molar-refractivity contribution < 1.29 is 14.3 Å². The summed E-state index contributed by atoms with van der Waals surface area (Å²) in [5.74, 6) is -0.858. The van der Waals surface area contributed by atoms with Gasteiger partial charge in [0.05, 0.1) is 11.3 Å². The SMILES string of the molecule is CCCN(CC1CC1)c1ccc(C(=O)O)cc1F. The molecule has 0 heterocycles. The number of halogens is 1. The van der Waals surface area contributed by atoms with Gasteiger partial charge in [0.15, 0.2) is 0 Å². The minimum atomic E-state index is -1.09. The molecule has 1 aliphatic carbocycles. The van der Waals surface area contributed by atoms with Crippen LogP contribution in [0.3, 0.4) is 0 Å². The maximum atomic E-state index is 13.9. The second kappa shape index (κ2) is 5.38. The predicted molar refractivity (Wildman–Crippen MR) is 68.6 cm³/mol. The van der Waals surface area contributed by atoms with E-state index in [2.05, 4.69) is 6.92 Å².